The zero-order valence-corrected chi connectivity index (χ0v) is 77.4. The minimum Gasteiger partial charge on any atom is -0.466 e. The summed E-state index contributed by atoms with van der Waals surface area (Å²) in [4.78, 5) is 67.2. The number of aryl methyl sites for hydroxylation is 13. The number of alkyl halides is 2. The van der Waals surface area contributed by atoms with Crippen LogP contribution in [0.5, 0.6) is 0 Å². The minimum absolute atomic E-state index is 0.00130. The molecule has 4 aliphatic carbocycles. The summed E-state index contributed by atoms with van der Waals surface area (Å²) in [5, 5.41) is 19.4. The van der Waals surface area contributed by atoms with Crippen LogP contribution in [-0.4, -0.2) is 90.0 Å². The van der Waals surface area contributed by atoms with Gasteiger partial charge < -0.3 is 19.5 Å². The summed E-state index contributed by atoms with van der Waals surface area (Å²) in [7, 11) is 2.99. The number of imidazole rings is 1. The van der Waals surface area contributed by atoms with Crippen molar-refractivity contribution in [3.05, 3.63) is 327 Å². The number of aliphatic hydroxyl groups excluding tert-OH is 2. The number of halogens is 2. The lowest BCUT2D eigenvalue weighted by molar-refractivity contribution is -0.145. The number of ether oxygens (including phenoxy) is 1. The zero-order chi connectivity index (χ0) is 88.3. The molecule has 0 spiro atoms. The molecular formula is C100H129Br2N7O11S. The van der Waals surface area contributed by atoms with Gasteiger partial charge in [-0.25, -0.2) is 19.6 Å². The van der Waals surface area contributed by atoms with Crippen molar-refractivity contribution >= 4 is 71.1 Å². The van der Waals surface area contributed by atoms with Gasteiger partial charge in [0.15, 0.2) is 11.2 Å². The third kappa shape index (κ3) is 34.2. The molecule has 8 atom stereocenters. The maximum atomic E-state index is 12.5. The topological polar surface area (TPSA) is 228 Å². The van der Waals surface area contributed by atoms with Crippen molar-refractivity contribution in [1.82, 2.24) is 27.8 Å². The highest BCUT2D eigenvalue weighted by Crippen LogP contribution is 2.45. The van der Waals surface area contributed by atoms with E-state index in [1.165, 1.54) is 128 Å². The Bertz CT molecular complexity index is 5230. The van der Waals surface area contributed by atoms with Crippen LogP contribution in [0.1, 0.15) is 148 Å². The lowest BCUT2D eigenvalue weighted by Crippen LogP contribution is -2.38. The summed E-state index contributed by atoms with van der Waals surface area (Å²) in [6.07, 6.45) is 24.5. The number of nitrogens with zero attached hydrogens (tertiary/aromatic N) is 7. The predicted octanol–water partition coefficient (Wildman–Crippen LogP) is 18.6. The highest BCUT2D eigenvalue weighted by Gasteiger charge is 2.43. The Kier molecular flexibility index (Phi) is 41.2. The van der Waals surface area contributed by atoms with E-state index in [1.807, 2.05) is 48.8 Å². The Morgan fingerprint density at radius 1 is 0.496 bits per heavy atom. The minimum atomic E-state index is -3.27. The average molecular weight is 1800 g/mol. The molecule has 10 aromatic rings. The molecule has 7 aromatic carbocycles. The molecule has 15 rings (SSSR count). The van der Waals surface area contributed by atoms with Crippen LogP contribution in [0.3, 0.4) is 0 Å². The first kappa shape index (κ1) is 98.9. The SMILES string of the molecule is C=CCBr.C=CCCc1ccc(C)cc1.CCOC(=O)C1CC1CCc1ccc(C)cc1.Cc1ccc(CBr)cc1.Cc1ccc(CCC2CC2CO)cc1.Cc1ccc(CCC2CC2COS(C)(=O)=O)cc1.Cc1ccc(CCC2CC2Cn2cnc3c2c(=O)n(C)c(=O)n3C)cc1.Cc1ccc(CO)cc1.Cn1c2c(c(=O)n(C)c1=O)CC=N2. The number of esters is 1. The second-order valence-electron chi connectivity index (χ2n) is 32.7. The number of carbonyl (C=O) groups is 1. The van der Waals surface area contributed by atoms with Gasteiger partial charge in [0, 0.05) is 64.6 Å². The Morgan fingerprint density at radius 2 is 0.876 bits per heavy atom. The number of aromatic nitrogens is 6. The van der Waals surface area contributed by atoms with E-state index in [0.29, 0.717) is 84.3 Å². The van der Waals surface area contributed by atoms with Crippen LogP contribution >= 0.6 is 31.9 Å². The summed E-state index contributed by atoms with van der Waals surface area (Å²) < 4.78 is 38.6. The molecule has 4 saturated carbocycles. The van der Waals surface area contributed by atoms with Crippen LogP contribution < -0.4 is 22.5 Å². The van der Waals surface area contributed by atoms with Crippen molar-refractivity contribution in [1.29, 1.82) is 0 Å². The summed E-state index contributed by atoms with van der Waals surface area (Å²) in [6, 6.07) is 59.8. The molecule has 0 saturated heterocycles. The second kappa shape index (κ2) is 50.4. The molecule has 4 heterocycles. The third-order valence-corrected chi connectivity index (χ3v) is 24.1. The average Bonchev–Trinajstić information content (AvgIpc) is 1.65. The van der Waals surface area contributed by atoms with Crippen LogP contribution in [-0.2, 0) is 109 Å². The smallest absolute Gasteiger partial charge is 0.332 e. The number of fused-ring (bicyclic) bond motifs is 2. The van der Waals surface area contributed by atoms with E-state index in [0.717, 1.165) is 102 Å². The molecule has 0 amide bonds. The summed E-state index contributed by atoms with van der Waals surface area (Å²) in [6.45, 7) is 25.8. The van der Waals surface area contributed by atoms with Gasteiger partial charge in [0.1, 0.15) is 5.82 Å². The van der Waals surface area contributed by atoms with Crippen molar-refractivity contribution in [2.75, 3.05) is 31.4 Å². The molecule has 18 nitrogen and oxygen atoms in total. The van der Waals surface area contributed by atoms with Gasteiger partial charge in [-0.3, -0.25) is 36.8 Å². The second-order valence-corrected chi connectivity index (χ2v) is 35.6. The maximum Gasteiger partial charge on any atom is 0.332 e. The Balaban J connectivity index is 0.000000194. The summed E-state index contributed by atoms with van der Waals surface area (Å²) >= 11 is 6.51. The summed E-state index contributed by atoms with van der Waals surface area (Å²) in [5.41, 5.74) is 18.7. The third-order valence-electron chi connectivity index (χ3n) is 22.5. The van der Waals surface area contributed by atoms with Crippen LogP contribution in [0.4, 0.5) is 5.82 Å². The fourth-order valence-electron chi connectivity index (χ4n) is 14.0. The molecule has 21 heteroatoms. The van der Waals surface area contributed by atoms with E-state index in [2.05, 4.69) is 242 Å². The molecule has 8 unspecified atom stereocenters. The van der Waals surface area contributed by atoms with Crippen LogP contribution in [0, 0.1) is 95.8 Å². The molecule has 3 aromatic heterocycles. The number of benzene rings is 7. The lowest BCUT2D eigenvalue weighted by Gasteiger charge is -2.07. The molecule has 5 aliphatic rings. The van der Waals surface area contributed by atoms with E-state index < -0.39 is 10.1 Å². The van der Waals surface area contributed by atoms with Gasteiger partial charge in [0.2, 0.25) is 0 Å². The highest BCUT2D eigenvalue weighted by molar-refractivity contribution is 9.09. The molecule has 650 valence electrons. The number of allylic oxidation sites excluding steroid dienone is 2. The molecule has 4 fully saturated rings. The lowest BCUT2D eigenvalue weighted by atomic mass is 10.1. The van der Waals surface area contributed by atoms with Gasteiger partial charge in [-0.05, 0) is 226 Å². The Morgan fingerprint density at radius 3 is 1.27 bits per heavy atom. The summed E-state index contributed by atoms with van der Waals surface area (Å²) in [5.74, 6) is 4.98. The van der Waals surface area contributed by atoms with E-state index in [1.54, 1.807) is 32.7 Å². The van der Waals surface area contributed by atoms with Gasteiger partial charge in [0.25, 0.3) is 21.2 Å². The highest BCUT2D eigenvalue weighted by atomic mass is 79.9. The van der Waals surface area contributed by atoms with E-state index in [9.17, 15) is 32.4 Å². The van der Waals surface area contributed by atoms with E-state index >= 15 is 0 Å². The predicted molar refractivity (Wildman–Crippen MR) is 502 cm³/mol. The first-order valence-electron chi connectivity index (χ1n) is 42.3. The van der Waals surface area contributed by atoms with Gasteiger partial charge in [0.05, 0.1) is 43.9 Å². The Labute approximate surface area is 735 Å². The van der Waals surface area contributed by atoms with Crippen molar-refractivity contribution in [2.45, 2.75) is 170 Å². The first-order chi connectivity index (χ1) is 57.9. The van der Waals surface area contributed by atoms with Gasteiger partial charge >= 0.3 is 17.3 Å². The molecule has 2 N–H and O–H groups in total. The molecule has 1 aliphatic heterocycles. The van der Waals surface area contributed by atoms with Crippen LogP contribution in [0.2, 0.25) is 0 Å². The fourth-order valence-corrected chi connectivity index (χ4v) is 14.8. The number of aliphatic imine (C=N–C) groups is 1. The quantitative estimate of drug-likeness (QED) is 0.0223. The van der Waals surface area contributed by atoms with Crippen molar-refractivity contribution < 1.29 is 32.3 Å². The normalized spacial score (nSPS) is 17.5. The molecule has 121 heavy (non-hydrogen) atoms. The van der Waals surface area contributed by atoms with Crippen molar-refractivity contribution in [2.24, 2.45) is 80.5 Å². The van der Waals surface area contributed by atoms with Crippen molar-refractivity contribution in [3.63, 3.8) is 0 Å². The maximum absolute atomic E-state index is 12.5. The number of aliphatic hydroxyl groups is 2. The number of rotatable bonds is 26. The van der Waals surface area contributed by atoms with E-state index in [-0.39, 0.29) is 41.0 Å². The largest absolute Gasteiger partial charge is 0.466 e. The molecule has 0 bridgehead atoms. The molecule has 0 radical (unpaired) electrons. The number of carbonyl (C=O) groups excluding carboxylic acids is 1. The van der Waals surface area contributed by atoms with Gasteiger partial charge in [-0.2, -0.15) is 8.42 Å². The monoisotopic (exact) mass is 1790 g/mol. The van der Waals surface area contributed by atoms with Gasteiger partial charge in [-0.15, -0.1) is 13.2 Å². The van der Waals surface area contributed by atoms with Crippen LogP contribution in [0.15, 0.2) is 226 Å². The standard InChI is InChI=1S/C20H24N4O2.C15H20O2.C14H20O3S.C13H18O.C11H14.C8H9Br.C8H9N3O2.C8H10O.C3H5Br/c1-13-4-6-14(7-5-13)8-9-15-10-16(15)11-24-12-21-18-17(24)19(25)23(3)20(26)22(18)2;1-3-17-15(16)14-10-13(14)9-8-12-6-4-11(2)5-7-12;1-11-3-5-12(6-4-11)7-8-13-9-14(13)10-17-18(2,15)16;1-10-2-4-11(5-3-10)6-7-12-8-13(12)9-14;1-3-4-5-11-8-6-10(2)7-9-11;1-7-2-4-8(6-9)5-3-7;1-10-6-5(3-4-9-6)7(12)11(2)8(10)13;1-7-2-4-8(6-9)5-3-7;1-2-3-4/h4-7,12,15-16H,8-11H2,1-3H3;4-7,13-14H,3,8-10H2,1-2H3;3-6,13-14H,7-10H2,1-2H3;2-5,12-14H,6-9H2,1H3;3,6-9H,1,4-5H2,2H3;2-5H,6H2,1H3;4H,3H2,1-2H3;2-5,9H,6H2,1H3;2H,1,3H2. The fraction of sp³-hybridized carbons (Fsp3) is 0.430. The van der Waals surface area contributed by atoms with E-state index in [4.69, 9.17) is 19.1 Å². The first-order valence-corrected chi connectivity index (χ1v) is 46.3. The zero-order valence-electron chi connectivity index (χ0n) is 73.4. The molecular weight excluding hydrogens is 1670 g/mol. The van der Waals surface area contributed by atoms with Crippen molar-refractivity contribution in [3.8, 4) is 0 Å². The van der Waals surface area contributed by atoms with Gasteiger partial charge in [-0.1, -0.05) is 253 Å². The Hall–Kier alpha value is -9.22. The van der Waals surface area contributed by atoms with Crippen LogP contribution in [0.25, 0.3) is 11.2 Å². The number of hydrogen-bond acceptors (Lipinski definition) is 13. The number of hydrogen-bond donors (Lipinski definition) is 2.